The van der Waals surface area contributed by atoms with Crippen molar-refractivity contribution in [3.63, 3.8) is 0 Å². The second kappa shape index (κ2) is 6.19. The zero-order chi connectivity index (χ0) is 15.4. The number of aromatic nitrogens is 4. The molecule has 108 valence electrons. The molecule has 0 atom stereocenters. The van der Waals surface area contributed by atoms with Crippen molar-refractivity contribution in [2.75, 3.05) is 0 Å². The lowest BCUT2D eigenvalue weighted by Gasteiger charge is -2.00. The van der Waals surface area contributed by atoms with Crippen LogP contribution >= 0.6 is 0 Å². The van der Waals surface area contributed by atoms with Crippen molar-refractivity contribution in [2.45, 2.75) is 19.9 Å². The van der Waals surface area contributed by atoms with Gasteiger partial charge in [0, 0.05) is 5.56 Å². The van der Waals surface area contributed by atoms with Crippen molar-refractivity contribution in [1.82, 2.24) is 20.2 Å². The highest BCUT2D eigenvalue weighted by Gasteiger charge is 2.06. The van der Waals surface area contributed by atoms with Gasteiger partial charge in [-0.05, 0) is 34.9 Å². The van der Waals surface area contributed by atoms with Crippen LogP contribution in [0.15, 0.2) is 48.5 Å². The molecule has 0 N–H and O–H groups in total. The maximum Gasteiger partial charge on any atom is 0.204 e. The van der Waals surface area contributed by atoms with Gasteiger partial charge < -0.3 is 0 Å². The number of tetrazole rings is 1. The molecule has 0 amide bonds. The van der Waals surface area contributed by atoms with Crippen molar-refractivity contribution in [2.24, 2.45) is 0 Å². The number of hydrogen-bond donors (Lipinski definition) is 0. The van der Waals surface area contributed by atoms with Gasteiger partial charge in [0.05, 0.1) is 18.2 Å². The Bertz CT molecular complexity index is 794. The summed E-state index contributed by atoms with van der Waals surface area (Å²) in [7, 11) is 0. The lowest BCUT2D eigenvalue weighted by atomic mass is 10.1. The summed E-state index contributed by atoms with van der Waals surface area (Å²) in [6.45, 7) is 2.66. The summed E-state index contributed by atoms with van der Waals surface area (Å²) in [6.07, 6.45) is 1.01. The molecule has 5 nitrogen and oxygen atoms in total. The zero-order valence-corrected chi connectivity index (χ0v) is 12.3. The maximum absolute atomic E-state index is 8.80. The number of aryl methyl sites for hydroxylation is 1. The molecule has 0 saturated heterocycles. The minimum Gasteiger partial charge on any atom is -0.192 e. The van der Waals surface area contributed by atoms with Crippen LogP contribution in [0.25, 0.3) is 11.4 Å². The van der Waals surface area contributed by atoms with E-state index in [9.17, 15) is 0 Å². The molecule has 22 heavy (non-hydrogen) atoms. The fraction of sp³-hybridized carbons (Fsp3) is 0.176. The Kier molecular flexibility index (Phi) is 3.92. The Hall–Kier alpha value is -3.00. The van der Waals surface area contributed by atoms with Gasteiger partial charge in [-0.3, -0.25) is 0 Å². The third-order valence-corrected chi connectivity index (χ3v) is 3.48. The van der Waals surface area contributed by atoms with Crippen LogP contribution in [0.5, 0.6) is 0 Å². The number of rotatable bonds is 4. The van der Waals surface area contributed by atoms with Gasteiger partial charge in [0.2, 0.25) is 5.82 Å². The summed E-state index contributed by atoms with van der Waals surface area (Å²) in [6, 6.07) is 17.7. The van der Waals surface area contributed by atoms with E-state index in [0.29, 0.717) is 17.9 Å². The molecule has 0 radical (unpaired) electrons. The number of nitriles is 1. The molecule has 0 saturated carbocycles. The normalized spacial score (nSPS) is 10.4. The second-order valence-corrected chi connectivity index (χ2v) is 5.00. The van der Waals surface area contributed by atoms with Gasteiger partial charge in [-0.2, -0.15) is 10.1 Å². The van der Waals surface area contributed by atoms with E-state index in [0.717, 1.165) is 17.5 Å². The molecule has 3 aromatic rings. The van der Waals surface area contributed by atoms with Crippen molar-refractivity contribution in [3.05, 3.63) is 65.2 Å². The molecule has 0 unspecified atom stereocenters. The lowest BCUT2D eigenvalue weighted by molar-refractivity contribution is 0.573. The highest BCUT2D eigenvalue weighted by molar-refractivity contribution is 5.54. The van der Waals surface area contributed by atoms with Crippen molar-refractivity contribution in [3.8, 4) is 17.5 Å². The molecule has 3 rings (SSSR count). The Morgan fingerprint density at radius 3 is 2.32 bits per heavy atom. The lowest BCUT2D eigenvalue weighted by Crippen LogP contribution is -2.03. The van der Waals surface area contributed by atoms with Crippen molar-refractivity contribution in [1.29, 1.82) is 5.26 Å². The van der Waals surface area contributed by atoms with Crippen LogP contribution < -0.4 is 0 Å². The van der Waals surface area contributed by atoms with Crippen LogP contribution in [0, 0.1) is 11.3 Å². The molecule has 0 fully saturated rings. The van der Waals surface area contributed by atoms with Crippen LogP contribution in [0.1, 0.15) is 23.6 Å². The van der Waals surface area contributed by atoms with Gasteiger partial charge in [-0.25, -0.2) is 0 Å². The van der Waals surface area contributed by atoms with Gasteiger partial charge in [-0.15, -0.1) is 10.2 Å². The highest BCUT2D eigenvalue weighted by atomic mass is 15.6. The molecule has 2 aromatic carbocycles. The minimum atomic E-state index is 0.533. The quantitative estimate of drug-likeness (QED) is 0.740. The fourth-order valence-electron chi connectivity index (χ4n) is 2.16. The summed E-state index contributed by atoms with van der Waals surface area (Å²) in [5.41, 5.74) is 3.92. The first-order chi connectivity index (χ1) is 10.8. The fourth-order valence-corrected chi connectivity index (χ4v) is 2.16. The number of benzene rings is 2. The van der Waals surface area contributed by atoms with E-state index in [1.807, 2.05) is 24.3 Å². The van der Waals surface area contributed by atoms with Gasteiger partial charge >= 0.3 is 0 Å². The van der Waals surface area contributed by atoms with E-state index < -0.39 is 0 Å². The third-order valence-electron chi connectivity index (χ3n) is 3.48. The van der Waals surface area contributed by atoms with Gasteiger partial charge in [0.1, 0.15) is 0 Å². The van der Waals surface area contributed by atoms with E-state index >= 15 is 0 Å². The van der Waals surface area contributed by atoms with Crippen LogP contribution in [0.4, 0.5) is 0 Å². The van der Waals surface area contributed by atoms with Gasteiger partial charge in [0.25, 0.3) is 0 Å². The zero-order valence-electron chi connectivity index (χ0n) is 12.3. The van der Waals surface area contributed by atoms with Crippen LogP contribution in [-0.4, -0.2) is 20.2 Å². The maximum atomic E-state index is 8.80. The molecule has 0 bridgehead atoms. The largest absolute Gasteiger partial charge is 0.204 e. The Morgan fingerprint density at radius 1 is 1.00 bits per heavy atom. The Balaban J connectivity index is 1.76. The monoisotopic (exact) mass is 289 g/mol. The Morgan fingerprint density at radius 2 is 1.68 bits per heavy atom. The first kappa shape index (κ1) is 14.0. The topological polar surface area (TPSA) is 67.4 Å². The van der Waals surface area contributed by atoms with Crippen LogP contribution in [-0.2, 0) is 13.0 Å². The summed E-state index contributed by atoms with van der Waals surface area (Å²) >= 11 is 0. The highest BCUT2D eigenvalue weighted by Crippen LogP contribution is 2.15. The average molecular weight is 289 g/mol. The minimum absolute atomic E-state index is 0.533. The summed E-state index contributed by atoms with van der Waals surface area (Å²) in [5.74, 6) is 0.622. The molecule has 5 heteroatoms. The van der Waals surface area contributed by atoms with Crippen molar-refractivity contribution >= 4 is 0 Å². The summed E-state index contributed by atoms with van der Waals surface area (Å²) in [4.78, 5) is 1.56. The third kappa shape index (κ3) is 3.01. The number of hydrogen-bond acceptors (Lipinski definition) is 4. The second-order valence-electron chi connectivity index (χ2n) is 5.00. The van der Waals surface area contributed by atoms with Crippen LogP contribution in [0.3, 0.4) is 0 Å². The standard InChI is InChI=1S/C17H15N5/c1-2-13-7-9-16(10-8-13)17-19-21-22(20-17)12-15-5-3-14(11-18)4-6-15/h3-10H,2,12H2,1H3. The first-order valence-electron chi connectivity index (χ1n) is 7.14. The number of nitrogens with zero attached hydrogens (tertiary/aromatic N) is 5. The van der Waals surface area contributed by atoms with Crippen LogP contribution in [0.2, 0.25) is 0 Å². The Labute approximate surface area is 128 Å². The molecule has 1 aromatic heterocycles. The molecular formula is C17H15N5. The average Bonchev–Trinajstić information content (AvgIpc) is 3.04. The summed E-state index contributed by atoms with van der Waals surface area (Å²) < 4.78 is 0. The van der Waals surface area contributed by atoms with E-state index in [4.69, 9.17) is 5.26 Å². The van der Waals surface area contributed by atoms with Crippen molar-refractivity contribution < 1.29 is 0 Å². The predicted octanol–water partition coefficient (Wildman–Crippen LogP) is 2.82. The molecule has 1 heterocycles. The van der Waals surface area contributed by atoms with E-state index in [-0.39, 0.29) is 0 Å². The molecule has 0 spiro atoms. The summed E-state index contributed by atoms with van der Waals surface area (Å²) in [5, 5.41) is 21.4. The van der Waals surface area contributed by atoms with E-state index in [1.165, 1.54) is 5.56 Å². The first-order valence-corrected chi connectivity index (χ1v) is 7.14. The molecular weight excluding hydrogens is 274 g/mol. The molecule has 0 aliphatic carbocycles. The molecule has 0 aliphatic rings. The van der Waals surface area contributed by atoms with E-state index in [2.05, 4.69) is 40.5 Å². The molecule has 0 aliphatic heterocycles. The smallest absolute Gasteiger partial charge is 0.192 e. The van der Waals surface area contributed by atoms with Gasteiger partial charge in [-0.1, -0.05) is 43.3 Å². The predicted molar refractivity (Wildman–Crippen MR) is 82.9 cm³/mol. The SMILES string of the molecule is CCc1ccc(-c2nnn(Cc3ccc(C#N)cc3)n2)cc1. The van der Waals surface area contributed by atoms with E-state index in [1.54, 1.807) is 16.9 Å². The van der Waals surface area contributed by atoms with Gasteiger partial charge in [0.15, 0.2) is 0 Å².